The summed E-state index contributed by atoms with van der Waals surface area (Å²) in [6.07, 6.45) is 0. The van der Waals surface area contributed by atoms with E-state index in [9.17, 15) is 9.59 Å². The van der Waals surface area contributed by atoms with Crippen LogP contribution >= 0.6 is 15.9 Å². The zero-order valence-electron chi connectivity index (χ0n) is 14.8. The predicted molar refractivity (Wildman–Crippen MR) is 103 cm³/mol. The third-order valence-corrected chi connectivity index (χ3v) is 4.02. The van der Waals surface area contributed by atoms with Crippen molar-refractivity contribution in [1.29, 1.82) is 0 Å². The maximum absolute atomic E-state index is 12.3. The number of carbonyl (C=O) groups excluding carboxylic acids is 2. The highest BCUT2D eigenvalue weighted by Gasteiger charge is 2.16. The molecule has 1 aromatic heterocycles. The van der Waals surface area contributed by atoms with Gasteiger partial charge in [0.25, 0.3) is 11.8 Å². The lowest BCUT2D eigenvalue weighted by molar-refractivity contribution is -0.118. The first-order chi connectivity index (χ1) is 13.5. The number of hydrogen-bond acceptors (Lipinski definition) is 7. The van der Waals surface area contributed by atoms with Crippen molar-refractivity contribution in [2.45, 2.75) is 13.5 Å². The number of anilines is 1. The fourth-order valence-electron chi connectivity index (χ4n) is 2.24. The molecule has 0 bridgehead atoms. The SMILES string of the molecule is Cc1noc(COC(=O)c2ccccc2OCC(=O)Nc2ccc(Br)cc2)n1. The van der Waals surface area contributed by atoms with E-state index in [4.69, 9.17) is 14.0 Å². The number of nitrogens with zero attached hydrogens (tertiary/aromatic N) is 2. The number of nitrogens with one attached hydrogen (secondary N) is 1. The number of halogens is 1. The second kappa shape index (κ2) is 9.14. The average Bonchev–Trinajstić information content (AvgIpc) is 3.12. The quantitative estimate of drug-likeness (QED) is 0.554. The van der Waals surface area contributed by atoms with Gasteiger partial charge in [0.15, 0.2) is 19.0 Å². The van der Waals surface area contributed by atoms with Crippen LogP contribution in [0.2, 0.25) is 0 Å². The van der Waals surface area contributed by atoms with E-state index in [1.54, 1.807) is 43.3 Å². The number of amides is 1. The smallest absolute Gasteiger partial charge is 0.342 e. The number of benzene rings is 2. The van der Waals surface area contributed by atoms with Crippen LogP contribution in [0.3, 0.4) is 0 Å². The van der Waals surface area contributed by atoms with Gasteiger partial charge in [-0.05, 0) is 43.3 Å². The van der Waals surface area contributed by atoms with E-state index in [0.717, 1.165) is 4.47 Å². The minimum atomic E-state index is -0.625. The fourth-order valence-corrected chi connectivity index (χ4v) is 2.50. The number of hydrogen-bond donors (Lipinski definition) is 1. The molecule has 0 unspecified atom stereocenters. The monoisotopic (exact) mass is 445 g/mol. The summed E-state index contributed by atoms with van der Waals surface area (Å²) in [7, 11) is 0. The van der Waals surface area contributed by atoms with Crippen LogP contribution < -0.4 is 10.1 Å². The van der Waals surface area contributed by atoms with Crippen LogP contribution in [-0.2, 0) is 16.1 Å². The highest BCUT2D eigenvalue weighted by Crippen LogP contribution is 2.20. The molecule has 0 saturated heterocycles. The first kappa shape index (κ1) is 19.6. The van der Waals surface area contributed by atoms with Crippen molar-refractivity contribution in [2.24, 2.45) is 0 Å². The number of para-hydroxylation sites is 1. The summed E-state index contributed by atoms with van der Waals surface area (Å²) >= 11 is 3.33. The third kappa shape index (κ3) is 5.40. The van der Waals surface area contributed by atoms with Crippen molar-refractivity contribution < 1.29 is 23.6 Å². The normalized spacial score (nSPS) is 10.4. The summed E-state index contributed by atoms with van der Waals surface area (Å²) in [6.45, 7) is 1.25. The molecule has 8 nitrogen and oxygen atoms in total. The maximum Gasteiger partial charge on any atom is 0.342 e. The molecule has 0 aliphatic heterocycles. The predicted octanol–water partition coefficient (Wildman–Crippen LogP) is 3.52. The molecule has 0 radical (unpaired) electrons. The van der Waals surface area contributed by atoms with Gasteiger partial charge in [0.1, 0.15) is 11.3 Å². The van der Waals surface area contributed by atoms with Crippen LogP contribution in [0.25, 0.3) is 0 Å². The Morgan fingerprint density at radius 3 is 2.61 bits per heavy atom. The number of ether oxygens (including phenoxy) is 2. The van der Waals surface area contributed by atoms with Crippen LogP contribution in [0.15, 0.2) is 57.5 Å². The van der Waals surface area contributed by atoms with Crippen molar-refractivity contribution in [3.05, 3.63) is 70.3 Å². The Kier molecular flexibility index (Phi) is 6.38. The highest BCUT2D eigenvalue weighted by molar-refractivity contribution is 9.10. The molecule has 0 aliphatic carbocycles. The molecule has 1 amide bonds. The highest BCUT2D eigenvalue weighted by atomic mass is 79.9. The molecule has 0 spiro atoms. The second-order valence-electron chi connectivity index (χ2n) is 5.65. The fraction of sp³-hybridized carbons (Fsp3) is 0.158. The summed E-state index contributed by atoms with van der Waals surface area (Å²) in [5, 5.41) is 6.33. The van der Waals surface area contributed by atoms with Gasteiger partial charge in [-0.1, -0.05) is 33.2 Å². The largest absolute Gasteiger partial charge is 0.483 e. The molecule has 1 heterocycles. The molecular formula is C19H16BrN3O5. The van der Waals surface area contributed by atoms with Gasteiger partial charge in [0, 0.05) is 10.2 Å². The Morgan fingerprint density at radius 2 is 1.89 bits per heavy atom. The molecule has 9 heteroatoms. The molecule has 1 N–H and O–H groups in total. The molecule has 3 aromatic rings. The number of carbonyl (C=O) groups is 2. The lowest BCUT2D eigenvalue weighted by Crippen LogP contribution is -2.21. The van der Waals surface area contributed by atoms with E-state index in [1.807, 2.05) is 12.1 Å². The molecule has 0 atom stereocenters. The molecular weight excluding hydrogens is 430 g/mol. The molecule has 0 fully saturated rings. The maximum atomic E-state index is 12.3. The average molecular weight is 446 g/mol. The number of esters is 1. The summed E-state index contributed by atoms with van der Waals surface area (Å²) in [6, 6.07) is 13.6. The lowest BCUT2D eigenvalue weighted by Gasteiger charge is -2.11. The molecule has 28 heavy (non-hydrogen) atoms. The zero-order valence-corrected chi connectivity index (χ0v) is 16.4. The van der Waals surface area contributed by atoms with Gasteiger partial charge in [-0.2, -0.15) is 4.98 Å². The Labute approximate surface area is 169 Å². The molecule has 3 rings (SSSR count). The van der Waals surface area contributed by atoms with Gasteiger partial charge >= 0.3 is 5.97 Å². The summed E-state index contributed by atoms with van der Waals surface area (Å²) < 4.78 is 16.5. The van der Waals surface area contributed by atoms with E-state index in [2.05, 4.69) is 31.4 Å². The Balaban J connectivity index is 1.57. The second-order valence-corrected chi connectivity index (χ2v) is 6.57. The Bertz CT molecular complexity index is 972. The van der Waals surface area contributed by atoms with Crippen molar-refractivity contribution in [2.75, 3.05) is 11.9 Å². The standard InChI is InChI=1S/C19H16BrN3O5/c1-12-21-18(28-23-12)11-27-19(25)15-4-2-3-5-16(15)26-10-17(24)22-14-8-6-13(20)7-9-14/h2-9H,10-11H2,1H3,(H,22,24). The summed E-state index contributed by atoms with van der Waals surface area (Å²) in [5.74, 6) is -0.101. The Hall–Kier alpha value is -3.20. The molecule has 0 aliphatic rings. The van der Waals surface area contributed by atoms with Crippen LogP contribution in [0.4, 0.5) is 5.69 Å². The van der Waals surface area contributed by atoms with Crippen molar-refractivity contribution in [1.82, 2.24) is 10.1 Å². The summed E-state index contributed by atoms with van der Waals surface area (Å²) in [5.41, 5.74) is 0.828. The van der Waals surface area contributed by atoms with E-state index < -0.39 is 5.97 Å². The summed E-state index contributed by atoms with van der Waals surface area (Å²) in [4.78, 5) is 28.4. The number of aromatic nitrogens is 2. The van der Waals surface area contributed by atoms with Gasteiger partial charge in [-0.3, -0.25) is 4.79 Å². The van der Waals surface area contributed by atoms with Crippen molar-refractivity contribution in [3.63, 3.8) is 0 Å². The first-order valence-electron chi connectivity index (χ1n) is 8.25. The molecule has 144 valence electrons. The number of rotatable bonds is 7. The van der Waals surface area contributed by atoms with Crippen molar-refractivity contribution >= 4 is 33.5 Å². The Morgan fingerprint density at radius 1 is 1.14 bits per heavy atom. The minimum Gasteiger partial charge on any atom is -0.483 e. The van der Waals surface area contributed by atoms with Crippen LogP contribution in [0, 0.1) is 6.92 Å². The topological polar surface area (TPSA) is 104 Å². The molecule has 0 saturated carbocycles. The van der Waals surface area contributed by atoms with Crippen molar-refractivity contribution in [3.8, 4) is 5.75 Å². The number of aryl methyl sites for hydroxylation is 1. The minimum absolute atomic E-state index is 0.155. The first-order valence-corrected chi connectivity index (χ1v) is 9.04. The van der Waals surface area contributed by atoms with Crippen LogP contribution in [0.1, 0.15) is 22.1 Å². The molecule has 2 aromatic carbocycles. The van der Waals surface area contributed by atoms with Gasteiger partial charge in [0.05, 0.1) is 0 Å². The van der Waals surface area contributed by atoms with Gasteiger partial charge in [-0.15, -0.1) is 0 Å². The van der Waals surface area contributed by atoms with E-state index in [1.165, 1.54) is 0 Å². The zero-order chi connectivity index (χ0) is 19.9. The van der Waals surface area contributed by atoms with E-state index >= 15 is 0 Å². The van der Waals surface area contributed by atoms with Crippen LogP contribution in [0.5, 0.6) is 5.75 Å². The van der Waals surface area contributed by atoms with Gasteiger partial charge < -0.3 is 19.3 Å². The van der Waals surface area contributed by atoms with Crippen LogP contribution in [-0.4, -0.2) is 28.6 Å². The van der Waals surface area contributed by atoms with Gasteiger partial charge in [0.2, 0.25) is 0 Å². The van der Waals surface area contributed by atoms with E-state index in [0.29, 0.717) is 11.5 Å². The third-order valence-electron chi connectivity index (χ3n) is 3.49. The van der Waals surface area contributed by atoms with E-state index in [-0.39, 0.29) is 36.3 Å². The van der Waals surface area contributed by atoms with Gasteiger partial charge in [-0.25, -0.2) is 4.79 Å². The lowest BCUT2D eigenvalue weighted by atomic mass is 10.2.